The van der Waals surface area contributed by atoms with Crippen molar-refractivity contribution >= 4 is 14.6 Å². The first kappa shape index (κ1) is 14.8. The van der Waals surface area contributed by atoms with Crippen LogP contribution in [-0.4, -0.2) is 20.7 Å². The Morgan fingerprint density at radius 3 is 2.20 bits per heavy atom. The monoisotopic (exact) mass is 230 g/mol. The maximum atomic E-state index is 10.6. The van der Waals surface area contributed by atoms with E-state index in [0.29, 0.717) is 6.42 Å². The summed E-state index contributed by atoms with van der Waals surface area (Å²) in [5.74, 6) is 0. The first-order chi connectivity index (χ1) is 6.74. The van der Waals surface area contributed by atoms with Gasteiger partial charge in [-0.15, -0.1) is 0 Å². The zero-order valence-electron chi connectivity index (χ0n) is 11.1. The van der Waals surface area contributed by atoms with Crippen LogP contribution in [-0.2, 0) is 9.22 Å². The third-order valence-electron chi connectivity index (χ3n) is 3.24. The average molecular weight is 230 g/mol. The van der Waals surface area contributed by atoms with Crippen molar-refractivity contribution in [2.75, 3.05) is 0 Å². The lowest BCUT2D eigenvalue weighted by Gasteiger charge is -2.39. The minimum atomic E-state index is -1.70. The molecule has 0 N–H and O–H groups in total. The first-order valence-electron chi connectivity index (χ1n) is 5.86. The molecule has 0 saturated carbocycles. The number of carbonyl (C=O) groups is 1. The third kappa shape index (κ3) is 4.93. The zero-order valence-corrected chi connectivity index (χ0v) is 12.1. The van der Waals surface area contributed by atoms with E-state index in [1.54, 1.807) is 0 Å². The molecule has 2 nitrogen and oxygen atoms in total. The molecule has 0 fully saturated rings. The van der Waals surface area contributed by atoms with Gasteiger partial charge in [-0.1, -0.05) is 34.1 Å². The normalized spacial score (nSPS) is 15.1. The van der Waals surface area contributed by atoms with Crippen molar-refractivity contribution < 1.29 is 9.22 Å². The molecule has 0 aromatic rings. The van der Waals surface area contributed by atoms with Crippen LogP contribution in [0.2, 0.25) is 18.1 Å². The molecule has 0 heterocycles. The highest BCUT2D eigenvalue weighted by molar-refractivity contribution is 6.74. The van der Waals surface area contributed by atoms with E-state index in [0.717, 1.165) is 19.1 Å². The highest BCUT2D eigenvalue weighted by Gasteiger charge is 2.38. The van der Waals surface area contributed by atoms with Gasteiger partial charge in [0.25, 0.3) is 0 Å². The molecule has 90 valence electrons. The van der Waals surface area contributed by atoms with E-state index in [-0.39, 0.29) is 11.1 Å². The lowest BCUT2D eigenvalue weighted by Crippen LogP contribution is -2.44. The zero-order chi connectivity index (χ0) is 12.1. The Balaban J connectivity index is 4.43. The van der Waals surface area contributed by atoms with Gasteiger partial charge >= 0.3 is 0 Å². The molecule has 0 aliphatic carbocycles. The minimum Gasteiger partial charge on any atom is -0.414 e. The van der Waals surface area contributed by atoms with Crippen molar-refractivity contribution in [3.05, 3.63) is 0 Å². The summed E-state index contributed by atoms with van der Waals surface area (Å²) in [6.07, 6.45) is 3.72. The topological polar surface area (TPSA) is 26.3 Å². The number of hydrogen-bond donors (Lipinski definition) is 0. The summed E-state index contributed by atoms with van der Waals surface area (Å²) in [5, 5.41) is 0.224. The first-order valence-corrected chi connectivity index (χ1v) is 8.77. The number of hydrogen-bond acceptors (Lipinski definition) is 2. The Kier molecular flexibility index (Phi) is 5.74. The molecule has 3 heteroatoms. The van der Waals surface area contributed by atoms with Crippen LogP contribution >= 0.6 is 0 Å². The SMILES string of the molecule is CCC[C@H](CC=O)O[Si](C)(C)C(C)(C)C. The highest BCUT2D eigenvalue weighted by Crippen LogP contribution is 2.37. The average Bonchev–Trinajstić information content (AvgIpc) is 2.02. The van der Waals surface area contributed by atoms with Gasteiger partial charge in [-0.3, -0.25) is 0 Å². The molecule has 0 aromatic heterocycles. The Bertz CT molecular complexity index is 194. The summed E-state index contributed by atoms with van der Waals surface area (Å²) in [6.45, 7) is 13.3. The summed E-state index contributed by atoms with van der Waals surface area (Å²) in [5.41, 5.74) is 0. The van der Waals surface area contributed by atoms with Gasteiger partial charge in [0, 0.05) is 6.42 Å². The number of carbonyl (C=O) groups excluding carboxylic acids is 1. The largest absolute Gasteiger partial charge is 0.414 e. The molecule has 15 heavy (non-hydrogen) atoms. The van der Waals surface area contributed by atoms with E-state index in [1.165, 1.54) is 0 Å². The van der Waals surface area contributed by atoms with E-state index < -0.39 is 8.32 Å². The lowest BCUT2D eigenvalue weighted by molar-refractivity contribution is -0.109. The van der Waals surface area contributed by atoms with Crippen LogP contribution < -0.4 is 0 Å². The second-order valence-electron chi connectivity index (χ2n) is 5.69. The second kappa shape index (κ2) is 5.80. The van der Waals surface area contributed by atoms with E-state index in [9.17, 15) is 4.79 Å². The molecular weight excluding hydrogens is 204 g/mol. The van der Waals surface area contributed by atoms with Gasteiger partial charge in [-0.2, -0.15) is 0 Å². The second-order valence-corrected chi connectivity index (χ2v) is 10.4. The van der Waals surface area contributed by atoms with Crippen LogP contribution in [0, 0.1) is 0 Å². The molecule has 0 rings (SSSR count). The predicted molar refractivity (Wildman–Crippen MR) is 67.7 cm³/mol. The molecule has 0 unspecified atom stereocenters. The summed E-state index contributed by atoms with van der Waals surface area (Å²) in [7, 11) is -1.70. The van der Waals surface area contributed by atoms with Crippen molar-refractivity contribution in [3.8, 4) is 0 Å². The predicted octanol–water partition coefficient (Wildman–Crippen LogP) is 3.77. The van der Waals surface area contributed by atoms with Crippen LogP contribution in [0.4, 0.5) is 0 Å². The molecule has 0 radical (unpaired) electrons. The van der Waals surface area contributed by atoms with Gasteiger partial charge < -0.3 is 9.22 Å². The maximum absolute atomic E-state index is 10.6. The molecule has 0 aliphatic rings. The van der Waals surface area contributed by atoms with E-state index >= 15 is 0 Å². The van der Waals surface area contributed by atoms with Crippen molar-refractivity contribution in [3.63, 3.8) is 0 Å². The molecule has 0 spiro atoms. The van der Waals surface area contributed by atoms with Crippen molar-refractivity contribution in [1.82, 2.24) is 0 Å². The summed E-state index contributed by atoms with van der Waals surface area (Å²) >= 11 is 0. The fourth-order valence-electron chi connectivity index (χ4n) is 1.25. The quantitative estimate of drug-likeness (QED) is 0.513. The molecule has 1 atom stereocenters. The van der Waals surface area contributed by atoms with E-state index in [2.05, 4.69) is 40.8 Å². The van der Waals surface area contributed by atoms with Gasteiger partial charge in [0.2, 0.25) is 0 Å². The van der Waals surface area contributed by atoms with Gasteiger partial charge in [0.15, 0.2) is 8.32 Å². The lowest BCUT2D eigenvalue weighted by atomic mass is 10.2. The Labute approximate surface area is 95.5 Å². The minimum absolute atomic E-state index is 0.133. The van der Waals surface area contributed by atoms with Gasteiger partial charge in [0.1, 0.15) is 6.29 Å². The van der Waals surface area contributed by atoms with Crippen LogP contribution in [0.25, 0.3) is 0 Å². The number of aldehydes is 1. The smallest absolute Gasteiger partial charge is 0.192 e. The van der Waals surface area contributed by atoms with Crippen molar-refractivity contribution in [1.29, 1.82) is 0 Å². The van der Waals surface area contributed by atoms with Crippen LogP contribution in [0.1, 0.15) is 47.0 Å². The summed E-state index contributed by atoms with van der Waals surface area (Å²) in [6, 6.07) is 0. The Morgan fingerprint density at radius 2 is 1.87 bits per heavy atom. The van der Waals surface area contributed by atoms with E-state index in [1.807, 2.05) is 0 Å². The summed E-state index contributed by atoms with van der Waals surface area (Å²) < 4.78 is 6.19. The molecule has 0 aliphatic heterocycles. The third-order valence-corrected chi connectivity index (χ3v) is 7.77. The maximum Gasteiger partial charge on any atom is 0.192 e. The fraction of sp³-hybridized carbons (Fsp3) is 0.917. The molecule has 0 saturated heterocycles. The molecule has 0 amide bonds. The Morgan fingerprint density at radius 1 is 1.33 bits per heavy atom. The van der Waals surface area contributed by atoms with E-state index in [4.69, 9.17) is 4.43 Å². The molecular formula is C12H26O2Si. The van der Waals surface area contributed by atoms with Crippen molar-refractivity contribution in [2.24, 2.45) is 0 Å². The van der Waals surface area contributed by atoms with Gasteiger partial charge in [-0.25, -0.2) is 0 Å². The van der Waals surface area contributed by atoms with Crippen LogP contribution in [0.5, 0.6) is 0 Å². The molecule has 0 aromatic carbocycles. The van der Waals surface area contributed by atoms with Crippen LogP contribution in [0.15, 0.2) is 0 Å². The van der Waals surface area contributed by atoms with Gasteiger partial charge in [0.05, 0.1) is 6.10 Å². The standard InChI is InChI=1S/C12H26O2Si/c1-7-8-11(9-10-13)14-15(5,6)12(2,3)4/h10-11H,7-9H2,1-6H3/t11-/m1/s1. The fourth-order valence-corrected chi connectivity index (χ4v) is 2.65. The number of rotatable bonds is 6. The Hall–Kier alpha value is -0.153. The van der Waals surface area contributed by atoms with Crippen LogP contribution in [0.3, 0.4) is 0 Å². The molecule has 0 bridgehead atoms. The summed E-state index contributed by atoms with van der Waals surface area (Å²) in [4.78, 5) is 10.6. The highest BCUT2D eigenvalue weighted by atomic mass is 28.4. The van der Waals surface area contributed by atoms with Gasteiger partial charge in [-0.05, 0) is 24.6 Å². The van der Waals surface area contributed by atoms with Crippen molar-refractivity contribution in [2.45, 2.75) is 71.2 Å².